The molecule has 2 fully saturated rings. The summed E-state index contributed by atoms with van der Waals surface area (Å²) in [6.45, 7) is 11.3. The maximum absolute atomic E-state index is 14.0. The van der Waals surface area contributed by atoms with E-state index in [1.165, 1.54) is 17.3 Å². The van der Waals surface area contributed by atoms with Crippen LogP contribution in [0.5, 0.6) is 0 Å². The summed E-state index contributed by atoms with van der Waals surface area (Å²) in [7, 11) is 0. The number of rotatable bonds is 9. The number of nitriles is 1. The van der Waals surface area contributed by atoms with E-state index in [4.69, 9.17) is 11.6 Å². The number of benzene rings is 1. The maximum Gasteiger partial charge on any atom is 0.262 e. The van der Waals surface area contributed by atoms with Gasteiger partial charge in [0.1, 0.15) is 11.6 Å². The number of nitrogens with zero attached hydrogens (tertiary/aromatic N) is 4. The number of hydrazine groups is 2. The van der Waals surface area contributed by atoms with E-state index >= 15 is 0 Å². The largest absolute Gasteiger partial charge is 0.383 e. The highest BCUT2D eigenvalue weighted by atomic mass is 35.5. The Hall–Kier alpha value is -3.75. The smallest absolute Gasteiger partial charge is 0.262 e. The number of nitrogens with one attached hydrogen (secondary N) is 4. The molecule has 1 aromatic carbocycles. The van der Waals surface area contributed by atoms with Gasteiger partial charge in [-0.3, -0.25) is 9.99 Å². The van der Waals surface area contributed by atoms with Gasteiger partial charge in [0, 0.05) is 41.3 Å². The molecular formula is C31H34ClF3N8. The van der Waals surface area contributed by atoms with Crippen LogP contribution >= 0.6 is 11.6 Å². The summed E-state index contributed by atoms with van der Waals surface area (Å²) >= 11 is 6.75. The quantitative estimate of drug-likeness (QED) is 0.196. The van der Waals surface area contributed by atoms with E-state index < -0.39 is 24.0 Å². The van der Waals surface area contributed by atoms with Gasteiger partial charge in [0.25, 0.3) is 6.43 Å². The maximum atomic E-state index is 14.0. The first-order valence-electron chi connectivity index (χ1n) is 14.3. The Kier molecular flexibility index (Phi) is 6.93. The minimum atomic E-state index is -2.53. The highest BCUT2D eigenvalue weighted by Crippen LogP contribution is 2.68. The molecule has 2 aromatic heterocycles. The van der Waals surface area contributed by atoms with Gasteiger partial charge in [-0.15, -0.1) is 5.53 Å². The van der Waals surface area contributed by atoms with Gasteiger partial charge in [-0.25, -0.2) is 13.8 Å². The number of anilines is 2. The van der Waals surface area contributed by atoms with Gasteiger partial charge >= 0.3 is 0 Å². The second-order valence-electron chi connectivity index (χ2n) is 12.9. The molecule has 0 bridgehead atoms. The van der Waals surface area contributed by atoms with E-state index in [-0.39, 0.29) is 10.8 Å². The zero-order valence-corrected chi connectivity index (χ0v) is 25.4. The zero-order valence-electron chi connectivity index (χ0n) is 24.6. The summed E-state index contributed by atoms with van der Waals surface area (Å²) in [6, 6.07) is 8.07. The van der Waals surface area contributed by atoms with Gasteiger partial charge in [0.15, 0.2) is 0 Å². The summed E-state index contributed by atoms with van der Waals surface area (Å²) in [5.74, 6) is -0.215. The molecule has 6 rings (SSSR count). The fourth-order valence-electron chi connectivity index (χ4n) is 6.41. The molecule has 3 aliphatic rings. The highest BCUT2D eigenvalue weighted by Gasteiger charge is 2.64. The fraction of sp³-hybridized carbons (Fsp3) is 0.452. The zero-order chi connectivity index (χ0) is 30.9. The number of alkyl halides is 2. The highest BCUT2D eigenvalue weighted by molar-refractivity contribution is 6.35. The van der Waals surface area contributed by atoms with Gasteiger partial charge < -0.3 is 16.1 Å². The molecule has 8 nitrogen and oxygen atoms in total. The summed E-state index contributed by atoms with van der Waals surface area (Å²) < 4.78 is 41.7. The van der Waals surface area contributed by atoms with E-state index in [1.54, 1.807) is 25.3 Å². The second-order valence-corrected chi connectivity index (χ2v) is 13.3. The Morgan fingerprint density at radius 2 is 1.91 bits per heavy atom. The van der Waals surface area contributed by atoms with Crippen LogP contribution in [0.4, 0.5) is 24.5 Å². The van der Waals surface area contributed by atoms with Crippen molar-refractivity contribution in [2.24, 2.45) is 16.7 Å². The lowest BCUT2D eigenvalue weighted by molar-refractivity contribution is 0.00911. The van der Waals surface area contributed by atoms with Crippen molar-refractivity contribution in [3.05, 3.63) is 70.2 Å². The van der Waals surface area contributed by atoms with Gasteiger partial charge in [-0.2, -0.15) is 9.65 Å². The van der Waals surface area contributed by atoms with Crippen molar-refractivity contribution in [3.63, 3.8) is 0 Å². The minimum absolute atomic E-state index is 0.154. The van der Waals surface area contributed by atoms with Crippen LogP contribution in [-0.2, 0) is 0 Å². The van der Waals surface area contributed by atoms with Gasteiger partial charge in [0.2, 0.25) is 5.95 Å². The number of hydrogen-bond donors (Lipinski definition) is 4. The van der Waals surface area contributed by atoms with Crippen LogP contribution in [0.15, 0.2) is 42.4 Å². The molecule has 226 valence electrons. The predicted molar refractivity (Wildman–Crippen MR) is 160 cm³/mol. The molecule has 0 amide bonds. The number of halogens is 4. The number of aryl methyl sites for hydroxylation is 1. The molecule has 3 aromatic rings. The first-order valence-corrected chi connectivity index (χ1v) is 14.6. The average molecular weight is 611 g/mol. The van der Waals surface area contributed by atoms with Crippen LogP contribution in [0.1, 0.15) is 63.4 Å². The molecule has 0 radical (unpaired) electrons. The first kappa shape index (κ1) is 29.3. The van der Waals surface area contributed by atoms with Crippen molar-refractivity contribution < 1.29 is 13.2 Å². The molecule has 0 spiro atoms. The molecule has 1 aliphatic heterocycles. The lowest BCUT2D eigenvalue weighted by Crippen LogP contribution is -2.48. The third-order valence-electron chi connectivity index (χ3n) is 10.1. The Labute approximate surface area is 253 Å². The van der Waals surface area contributed by atoms with Gasteiger partial charge in [-0.05, 0) is 54.7 Å². The molecule has 0 unspecified atom stereocenters. The fourth-order valence-corrected chi connectivity index (χ4v) is 6.68. The lowest BCUT2D eigenvalue weighted by Gasteiger charge is -2.25. The molecule has 0 saturated heterocycles. The van der Waals surface area contributed by atoms with E-state index in [2.05, 4.69) is 65.3 Å². The topological polar surface area (TPSA) is 101 Å². The van der Waals surface area contributed by atoms with Crippen molar-refractivity contribution in [2.75, 3.05) is 17.2 Å². The third-order valence-corrected chi connectivity index (χ3v) is 10.4. The summed E-state index contributed by atoms with van der Waals surface area (Å²) in [4.78, 5) is 8.46. The third kappa shape index (κ3) is 4.81. The van der Waals surface area contributed by atoms with E-state index in [0.717, 1.165) is 0 Å². The van der Waals surface area contributed by atoms with Crippen LogP contribution in [0.25, 0.3) is 10.9 Å². The average Bonchev–Trinajstić information content (AvgIpc) is 3.73. The number of hydrogen-bond acceptors (Lipinski definition) is 8. The van der Waals surface area contributed by atoms with Gasteiger partial charge in [-0.1, -0.05) is 45.4 Å². The Morgan fingerprint density at radius 3 is 2.51 bits per heavy atom. The SMILES string of the molecule is Cc1nc(F)ccc1[C@H](Nc1cc(Cl)c2ncc(C#N)c(NCC3C(C)(C)C3(C)C)c2c1)C1=CN(C2(C(F)F)CC2)NN1. The van der Waals surface area contributed by atoms with Crippen molar-refractivity contribution in [3.8, 4) is 6.07 Å². The molecule has 1 atom stereocenters. The molecular weight excluding hydrogens is 577 g/mol. The van der Waals surface area contributed by atoms with Crippen molar-refractivity contribution in [1.82, 2.24) is 25.9 Å². The van der Waals surface area contributed by atoms with Crippen molar-refractivity contribution in [1.29, 1.82) is 5.26 Å². The summed E-state index contributed by atoms with van der Waals surface area (Å²) in [5.41, 5.74) is 8.72. The molecule has 3 heterocycles. The van der Waals surface area contributed by atoms with Crippen LogP contribution in [0.3, 0.4) is 0 Å². The number of pyridine rings is 2. The number of fused-ring (bicyclic) bond motifs is 1. The van der Waals surface area contributed by atoms with Crippen molar-refractivity contribution in [2.45, 2.75) is 65.5 Å². The Bertz CT molecular complexity index is 1660. The lowest BCUT2D eigenvalue weighted by atomic mass is 10.0. The minimum Gasteiger partial charge on any atom is -0.383 e. The van der Waals surface area contributed by atoms with E-state index in [0.29, 0.717) is 75.1 Å². The molecule has 43 heavy (non-hydrogen) atoms. The Balaban J connectivity index is 1.39. The predicted octanol–water partition coefficient (Wildman–Crippen LogP) is 6.81. The van der Waals surface area contributed by atoms with Crippen molar-refractivity contribution >= 4 is 33.9 Å². The van der Waals surface area contributed by atoms with E-state index in [1.807, 2.05) is 6.07 Å². The van der Waals surface area contributed by atoms with Crippen LogP contribution < -0.4 is 21.6 Å². The molecule has 4 N–H and O–H groups in total. The monoisotopic (exact) mass is 610 g/mol. The van der Waals surface area contributed by atoms with Gasteiger partial charge in [0.05, 0.1) is 33.5 Å². The Morgan fingerprint density at radius 1 is 1.19 bits per heavy atom. The first-order chi connectivity index (χ1) is 20.3. The van der Waals surface area contributed by atoms with Crippen LogP contribution in [0.2, 0.25) is 5.02 Å². The normalized spacial score (nSPS) is 20.4. The molecule has 2 aliphatic carbocycles. The molecule has 2 saturated carbocycles. The summed E-state index contributed by atoms with van der Waals surface area (Å²) in [6.07, 6.45) is 1.32. The standard InChI is InChI=1S/C31H34ClF3N8/c1-16-19(6-7-24(33)39-16)27(22-15-43(42-41-22)31(8-9-31)28(34)35)40-18-10-20-25(38-14-23-29(2,3)30(23,4)5)17(12-36)13-37-26(20)21(32)11-18/h6-7,10-11,13,15,23,27-28,40-42H,8-9,14H2,1-5H3,(H,37,38)/t27-/m0/s1. The summed E-state index contributed by atoms with van der Waals surface area (Å²) in [5, 5.41) is 19.3. The molecule has 12 heteroatoms. The second kappa shape index (κ2) is 10.2. The number of aromatic nitrogens is 2. The van der Waals surface area contributed by atoms with Crippen LogP contribution in [-0.4, -0.2) is 33.5 Å². The van der Waals surface area contributed by atoms with Crippen LogP contribution in [0, 0.1) is 41.0 Å². The van der Waals surface area contributed by atoms with E-state index in [9.17, 15) is 18.4 Å².